The Morgan fingerprint density at radius 1 is 1.28 bits per heavy atom. The molecule has 0 fully saturated rings. The number of rotatable bonds is 3. The molecule has 9 heteroatoms. The first-order chi connectivity index (χ1) is 8.38. The van der Waals surface area contributed by atoms with Crippen molar-refractivity contribution in [2.75, 3.05) is 4.72 Å². The predicted octanol–water partition coefficient (Wildman–Crippen LogP) is 3.17. The van der Waals surface area contributed by atoms with Crippen LogP contribution in [-0.4, -0.2) is 18.4 Å². The van der Waals surface area contributed by atoms with E-state index in [-0.39, 0.29) is 10.7 Å². The SMILES string of the molecule is Cc1sc(Br)cc1S(=O)(=O)Nc1cnc(Br)cn1. The molecule has 0 aliphatic heterocycles. The number of hydrogen-bond donors (Lipinski definition) is 1. The van der Waals surface area contributed by atoms with Crippen molar-refractivity contribution in [3.05, 3.63) is 31.7 Å². The summed E-state index contributed by atoms with van der Waals surface area (Å²) in [6, 6.07) is 1.56. The molecule has 2 aromatic rings. The number of hydrogen-bond acceptors (Lipinski definition) is 5. The van der Waals surface area contributed by atoms with Gasteiger partial charge in [-0.2, -0.15) is 0 Å². The maximum absolute atomic E-state index is 12.1. The third kappa shape index (κ3) is 3.08. The molecule has 96 valence electrons. The molecule has 0 bridgehead atoms. The zero-order valence-corrected chi connectivity index (χ0v) is 13.8. The number of halogens is 2. The van der Waals surface area contributed by atoms with Crippen LogP contribution in [0, 0.1) is 6.92 Å². The van der Waals surface area contributed by atoms with Crippen LogP contribution in [0.3, 0.4) is 0 Å². The molecule has 1 N–H and O–H groups in total. The fourth-order valence-corrected chi connectivity index (χ4v) is 4.87. The minimum absolute atomic E-state index is 0.180. The highest BCUT2D eigenvalue weighted by atomic mass is 79.9. The van der Waals surface area contributed by atoms with E-state index in [2.05, 4.69) is 46.5 Å². The van der Waals surface area contributed by atoms with Crippen LogP contribution < -0.4 is 4.72 Å². The molecule has 0 spiro atoms. The Morgan fingerprint density at radius 3 is 2.50 bits per heavy atom. The lowest BCUT2D eigenvalue weighted by atomic mass is 10.5. The highest BCUT2D eigenvalue weighted by Crippen LogP contribution is 2.30. The molecule has 2 rings (SSSR count). The van der Waals surface area contributed by atoms with Crippen LogP contribution in [0.1, 0.15) is 4.88 Å². The second-order valence-electron chi connectivity index (χ2n) is 3.30. The van der Waals surface area contributed by atoms with E-state index >= 15 is 0 Å². The van der Waals surface area contributed by atoms with Crippen LogP contribution in [-0.2, 0) is 10.0 Å². The Kier molecular flexibility index (Phi) is 4.05. The van der Waals surface area contributed by atoms with Gasteiger partial charge in [-0.05, 0) is 44.8 Å². The average Bonchev–Trinajstić information content (AvgIpc) is 2.62. The summed E-state index contributed by atoms with van der Waals surface area (Å²) in [5.41, 5.74) is 0. The summed E-state index contributed by atoms with van der Waals surface area (Å²) < 4.78 is 27.9. The average molecular weight is 413 g/mol. The van der Waals surface area contributed by atoms with Gasteiger partial charge in [-0.25, -0.2) is 18.4 Å². The second-order valence-corrected chi connectivity index (χ2v) is 8.40. The van der Waals surface area contributed by atoms with Crippen LogP contribution >= 0.6 is 43.2 Å². The van der Waals surface area contributed by atoms with Gasteiger partial charge in [0.05, 0.1) is 16.2 Å². The lowest BCUT2D eigenvalue weighted by Gasteiger charge is -2.05. The Bertz CT molecular complexity index is 668. The van der Waals surface area contributed by atoms with Crippen molar-refractivity contribution in [1.29, 1.82) is 0 Å². The summed E-state index contributed by atoms with van der Waals surface area (Å²) in [5, 5.41) is 0. The molecule has 2 heterocycles. The fraction of sp³-hybridized carbons (Fsp3) is 0.111. The van der Waals surface area contributed by atoms with Crippen LogP contribution in [0.2, 0.25) is 0 Å². The quantitative estimate of drug-likeness (QED) is 0.840. The van der Waals surface area contributed by atoms with Gasteiger partial charge in [0.2, 0.25) is 0 Å². The first kappa shape index (κ1) is 13.9. The lowest BCUT2D eigenvalue weighted by Crippen LogP contribution is -2.14. The number of thiophene rings is 1. The zero-order valence-electron chi connectivity index (χ0n) is 9.02. The summed E-state index contributed by atoms with van der Waals surface area (Å²) in [7, 11) is -3.62. The lowest BCUT2D eigenvalue weighted by molar-refractivity contribution is 0.601. The first-order valence-corrected chi connectivity index (χ1v) is 8.53. The largest absolute Gasteiger partial charge is 0.264 e. The van der Waals surface area contributed by atoms with Gasteiger partial charge in [-0.1, -0.05) is 0 Å². The first-order valence-electron chi connectivity index (χ1n) is 4.65. The van der Waals surface area contributed by atoms with Gasteiger partial charge in [0, 0.05) is 4.88 Å². The Morgan fingerprint density at radius 2 is 2.00 bits per heavy atom. The van der Waals surface area contributed by atoms with E-state index in [1.54, 1.807) is 13.0 Å². The van der Waals surface area contributed by atoms with Crippen molar-refractivity contribution in [3.8, 4) is 0 Å². The third-order valence-electron chi connectivity index (χ3n) is 1.99. The predicted molar refractivity (Wildman–Crippen MR) is 77.3 cm³/mol. The molecule has 0 saturated heterocycles. The van der Waals surface area contributed by atoms with E-state index in [9.17, 15) is 8.42 Å². The van der Waals surface area contributed by atoms with E-state index in [1.807, 2.05) is 0 Å². The van der Waals surface area contributed by atoms with Gasteiger partial charge in [0.25, 0.3) is 10.0 Å². The van der Waals surface area contributed by atoms with Gasteiger partial charge in [0.1, 0.15) is 9.50 Å². The normalized spacial score (nSPS) is 11.5. The van der Waals surface area contributed by atoms with Crippen molar-refractivity contribution < 1.29 is 8.42 Å². The van der Waals surface area contributed by atoms with Crippen molar-refractivity contribution in [1.82, 2.24) is 9.97 Å². The van der Waals surface area contributed by atoms with Gasteiger partial charge in [-0.3, -0.25) is 4.72 Å². The Labute approximate surface area is 125 Å². The van der Waals surface area contributed by atoms with E-state index < -0.39 is 10.0 Å². The number of sulfonamides is 1. The molecular weight excluding hydrogens is 406 g/mol. The minimum Gasteiger partial charge on any atom is -0.262 e. The van der Waals surface area contributed by atoms with E-state index in [4.69, 9.17) is 0 Å². The van der Waals surface area contributed by atoms with Crippen molar-refractivity contribution in [2.45, 2.75) is 11.8 Å². The van der Waals surface area contributed by atoms with Gasteiger partial charge < -0.3 is 0 Å². The second kappa shape index (κ2) is 5.24. The summed E-state index contributed by atoms with van der Waals surface area (Å²) in [6.45, 7) is 1.75. The van der Waals surface area contributed by atoms with E-state index in [0.717, 1.165) is 3.79 Å². The van der Waals surface area contributed by atoms with Crippen molar-refractivity contribution in [2.24, 2.45) is 0 Å². The molecular formula is C9H7Br2N3O2S2. The number of nitrogens with zero attached hydrogens (tertiary/aromatic N) is 2. The molecule has 2 aromatic heterocycles. The molecule has 0 aliphatic carbocycles. The van der Waals surface area contributed by atoms with Crippen LogP contribution in [0.4, 0.5) is 5.82 Å². The standard InChI is InChI=1S/C9H7Br2N3O2S2/c1-5-6(2-8(11)17-5)18(15,16)14-9-4-12-7(10)3-13-9/h2-4H,1H3,(H,13,14). The maximum atomic E-state index is 12.1. The molecule has 0 atom stereocenters. The third-order valence-corrected chi connectivity index (χ3v) is 5.56. The summed E-state index contributed by atoms with van der Waals surface area (Å²) in [4.78, 5) is 8.77. The zero-order chi connectivity index (χ0) is 13.3. The van der Waals surface area contributed by atoms with Gasteiger partial charge in [-0.15, -0.1) is 11.3 Å². The number of anilines is 1. The van der Waals surface area contributed by atoms with Crippen LogP contribution in [0.15, 0.2) is 31.7 Å². The summed E-state index contributed by atoms with van der Waals surface area (Å²) in [5.74, 6) is 0.180. The summed E-state index contributed by atoms with van der Waals surface area (Å²) in [6.07, 6.45) is 2.77. The van der Waals surface area contributed by atoms with Crippen LogP contribution in [0.5, 0.6) is 0 Å². The van der Waals surface area contributed by atoms with Crippen molar-refractivity contribution >= 4 is 59.0 Å². The number of aromatic nitrogens is 2. The Balaban J connectivity index is 2.33. The number of nitrogens with one attached hydrogen (secondary N) is 1. The molecule has 0 amide bonds. The topological polar surface area (TPSA) is 72.0 Å². The molecule has 0 radical (unpaired) electrons. The molecule has 18 heavy (non-hydrogen) atoms. The molecule has 0 aromatic carbocycles. The molecule has 0 saturated carbocycles. The van der Waals surface area contributed by atoms with E-state index in [0.29, 0.717) is 9.48 Å². The monoisotopic (exact) mass is 411 g/mol. The molecule has 0 aliphatic rings. The number of aryl methyl sites for hydroxylation is 1. The molecule has 5 nitrogen and oxygen atoms in total. The Hall–Kier alpha value is -0.510. The van der Waals surface area contributed by atoms with Gasteiger partial charge >= 0.3 is 0 Å². The van der Waals surface area contributed by atoms with E-state index in [1.165, 1.54) is 23.7 Å². The fourth-order valence-electron chi connectivity index (χ4n) is 1.26. The summed E-state index contributed by atoms with van der Waals surface area (Å²) >= 11 is 7.76. The van der Waals surface area contributed by atoms with Gasteiger partial charge in [0.15, 0.2) is 5.82 Å². The van der Waals surface area contributed by atoms with Crippen LogP contribution in [0.25, 0.3) is 0 Å². The van der Waals surface area contributed by atoms with Crippen molar-refractivity contribution in [3.63, 3.8) is 0 Å². The molecule has 0 unspecified atom stereocenters. The highest BCUT2D eigenvalue weighted by Gasteiger charge is 2.20. The maximum Gasteiger partial charge on any atom is 0.264 e. The highest BCUT2D eigenvalue weighted by molar-refractivity contribution is 9.11. The minimum atomic E-state index is -3.62. The smallest absolute Gasteiger partial charge is 0.262 e.